The first-order valence-corrected chi connectivity index (χ1v) is 6.90. The Kier molecular flexibility index (Phi) is 7.73. The third-order valence-corrected chi connectivity index (χ3v) is 3.29. The number of ether oxygens (including phenoxy) is 1. The minimum absolute atomic E-state index is 0. The van der Waals surface area contributed by atoms with E-state index in [0.717, 1.165) is 0 Å². The standard InChI is InChI=1S/C19H14O3.ClH.Ti/c20-17-12-6-4-10-15(17)16-11-5-7-13-18(16)22-19(21)14-8-2-1-3-9-14;;/h1-13,20H;1H;. The van der Waals surface area contributed by atoms with Gasteiger partial charge in [-0.15, -0.1) is 12.4 Å². The van der Waals surface area contributed by atoms with Gasteiger partial charge in [-0.25, -0.2) is 4.79 Å². The zero-order valence-corrected chi connectivity index (χ0v) is 15.1. The molecule has 0 atom stereocenters. The first-order chi connectivity index (χ1) is 10.8. The zero-order valence-electron chi connectivity index (χ0n) is 12.7. The number of carbonyl (C=O) groups is 1. The first kappa shape index (κ1) is 20.0. The molecule has 0 spiro atoms. The number of hydrogen-bond donors (Lipinski definition) is 1. The van der Waals surface area contributed by atoms with Crippen molar-refractivity contribution < 1.29 is 36.4 Å². The summed E-state index contributed by atoms with van der Waals surface area (Å²) in [6, 6.07) is 22.9. The first-order valence-electron chi connectivity index (χ1n) is 6.90. The summed E-state index contributed by atoms with van der Waals surface area (Å²) in [4.78, 5) is 12.2. The van der Waals surface area contributed by atoms with Crippen molar-refractivity contribution in [1.82, 2.24) is 0 Å². The van der Waals surface area contributed by atoms with E-state index >= 15 is 0 Å². The van der Waals surface area contributed by atoms with Crippen LogP contribution < -0.4 is 4.74 Å². The Morgan fingerprint density at radius 1 is 0.750 bits per heavy atom. The van der Waals surface area contributed by atoms with Gasteiger partial charge in [0, 0.05) is 32.8 Å². The number of phenols is 1. The number of benzene rings is 3. The molecule has 0 radical (unpaired) electrons. The van der Waals surface area contributed by atoms with Gasteiger partial charge in [0.15, 0.2) is 0 Å². The van der Waals surface area contributed by atoms with E-state index in [-0.39, 0.29) is 39.9 Å². The normalized spacial score (nSPS) is 9.33. The second-order valence-electron chi connectivity index (χ2n) is 4.77. The maximum Gasteiger partial charge on any atom is 0.343 e. The van der Waals surface area contributed by atoms with Crippen molar-refractivity contribution in [2.24, 2.45) is 0 Å². The molecule has 3 aromatic rings. The third-order valence-electron chi connectivity index (χ3n) is 3.29. The molecule has 0 aliphatic rings. The van der Waals surface area contributed by atoms with Gasteiger partial charge in [-0.2, -0.15) is 0 Å². The van der Waals surface area contributed by atoms with Gasteiger partial charge in [0.1, 0.15) is 11.5 Å². The van der Waals surface area contributed by atoms with Gasteiger partial charge in [0.05, 0.1) is 5.56 Å². The van der Waals surface area contributed by atoms with Crippen LogP contribution in [-0.2, 0) is 21.7 Å². The number of para-hydroxylation sites is 2. The summed E-state index contributed by atoms with van der Waals surface area (Å²) in [7, 11) is 0. The number of aromatic hydroxyl groups is 1. The van der Waals surface area contributed by atoms with E-state index in [4.69, 9.17) is 4.74 Å². The smallest absolute Gasteiger partial charge is 0.343 e. The summed E-state index contributed by atoms with van der Waals surface area (Å²) in [6.45, 7) is 0. The fourth-order valence-electron chi connectivity index (χ4n) is 2.21. The van der Waals surface area contributed by atoms with Crippen molar-refractivity contribution in [3.8, 4) is 22.6 Å². The van der Waals surface area contributed by atoms with Gasteiger partial charge in [-0.1, -0.05) is 54.6 Å². The largest absolute Gasteiger partial charge is 0.507 e. The van der Waals surface area contributed by atoms with Crippen LogP contribution in [0.5, 0.6) is 11.5 Å². The molecule has 0 saturated carbocycles. The second kappa shape index (κ2) is 9.28. The van der Waals surface area contributed by atoms with Gasteiger partial charge >= 0.3 is 5.97 Å². The molecule has 0 heterocycles. The van der Waals surface area contributed by atoms with Crippen molar-refractivity contribution in [3.63, 3.8) is 0 Å². The molecule has 3 aromatic carbocycles. The topological polar surface area (TPSA) is 46.5 Å². The molecule has 3 nitrogen and oxygen atoms in total. The van der Waals surface area contributed by atoms with Crippen LogP contribution in [-0.4, -0.2) is 11.1 Å². The summed E-state index contributed by atoms with van der Waals surface area (Å²) in [6.07, 6.45) is 0. The maximum atomic E-state index is 12.2. The fraction of sp³-hybridized carbons (Fsp3) is 0. The molecule has 0 saturated heterocycles. The minimum atomic E-state index is -0.427. The van der Waals surface area contributed by atoms with Crippen LogP contribution in [0.3, 0.4) is 0 Å². The average Bonchev–Trinajstić information content (AvgIpc) is 2.57. The van der Waals surface area contributed by atoms with Crippen LogP contribution in [0.15, 0.2) is 78.9 Å². The van der Waals surface area contributed by atoms with Crippen LogP contribution in [0.1, 0.15) is 10.4 Å². The molecule has 24 heavy (non-hydrogen) atoms. The van der Waals surface area contributed by atoms with E-state index in [1.54, 1.807) is 54.6 Å². The van der Waals surface area contributed by atoms with Gasteiger partial charge < -0.3 is 9.84 Å². The zero-order chi connectivity index (χ0) is 15.4. The summed E-state index contributed by atoms with van der Waals surface area (Å²) in [5.41, 5.74) is 1.78. The van der Waals surface area contributed by atoms with E-state index in [0.29, 0.717) is 22.4 Å². The Balaban J connectivity index is 0.00000144. The molecule has 3 rings (SSSR count). The van der Waals surface area contributed by atoms with Gasteiger partial charge in [-0.3, -0.25) is 0 Å². The van der Waals surface area contributed by atoms with Crippen molar-refractivity contribution in [2.75, 3.05) is 0 Å². The van der Waals surface area contributed by atoms with E-state index in [9.17, 15) is 9.90 Å². The van der Waals surface area contributed by atoms with E-state index in [2.05, 4.69) is 0 Å². The molecule has 0 aromatic heterocycles. The van der Waals surface area contributed by atoms with Crippen LogP contribution in [0.2, 0.25) is 0 Å². The van der Waals surface area contributed by atoms with E-state index in [1.165, 1.54) is 0 Å². The summed E-state index contributed by atoms with van der Waals surface area (Å²) in [5, 5.41) is 10.00. The Morgan fingerprint density at radius 2 is 1.29 bits per heavy atom. The van der Waals surface area contributed by atoms with Crippen LogP contribution in [0.25, 0.3) is 11.1 Å². The third kappa shape index (κ3) is 4.48. The molecule has 120 valence electrons. The number of esters is 1. The maximum absolute atomic E-state index is 12.2. The Labute approximate surface area is 161 Å². The molecule has 0 fully saturated rings. The quantitative estimate of drug-likeness (QED) is 0.411. The number of hydrogen-bond acceptors (Lipinski definition) is 3. The Hall–Kier alpha value is -2.07. The molecule has 0 unspecified atom stereocenters. The Morgan fingerprint density at radius 3 is 1.96 bits per heavy atom. The number of rotatable bonds is 3. The summed E-state index contributed by atoms with van der Waals surface area (Å²) >= 11 is 0. The van der Waals surface area contributed by atoms with E-state index in [1.807, 2.05) is 24.3 Å². The molecule has 1 N–H and O–H groups in total. The van der Waals surface area contributed by atoms with Gasteiger partial charge in [0.2, 0.25) is 0 Å². The van der Waals surface area contributed by atoms with Gasteiger partial charge in [0.25, 0.3) is 0 Å². The number of carbonyl (C=O) groups excluding carboxylic acids is 1. The average molecular weight is 375 g/mol. The predicted molar refractivity (Wildman–Crippen MR) is 92.2 cm³/mol. The van der Waals surface area contributed by atoms with Crippen molar-refractivity contribution in [1.29, 1.82) is 0 Å². The summed E-state index contributed by atoms with van der Waals surface area (Å²) in [5.74, 6) is 0.132. The monoisotopic (exact) mass is 374 g/mol. The van der Waals surface area contributed by atoms with Crippen molar-refractivity contribution in [2.45, 2.75) is 0 Å². The molecule has 0 aliphatic carbocycles. The van der Waals surface area contributed by atoms with Crippen molar-refractivity contribution >= 4 is 18.4 Å². The minimum Gasteiger partial charge on any atom is -0.507 e. The predicted octanol–water partition coefficient (Wildman–Crippen LogP) is 4.70. The van der Waals surface area contributed by atoms with Gasteiger partial charge in [-0.05, 0) is 24.3 Å². The molecular weight excluding hydrogens is 360 g/mol. The Bertz CT molecular complexity index is 806. The van der Waals surface area contributed by atoms with Crippen molar-refractivity contribution in [3.05, 3.63) is 84.4 Å². The molecule has 5 heteroatoms. The fourth-order valence-corrected chi connectivity index (χ4v) is 2.21. The SMILES string of the molecule is Cl.O=C(Oc1ccccc1-c1ccccc1O)c1ccccc1.[Ti]. The molecular formula is C19H15ClO3Ti. The van der Waals surface area contributed by atoms with Crippen LogP contribution >= 0.6 is 12.4 Å². The molecule has 0 aliphatic heterocycles. The van der Waals surface area contributed by atoms with E-state index < -0.39 is 5.97 Å². The van der Waals surface area contributed by atoms with Crippen LogP contribution in [0, 0.1) is 0 Å². The number of halogens is 1. The number of phenolic OH excluding ortho intramolecular Hbond substituents is 1. The molecule has 0 bridgehead atoms. The molecule has 0 amide bonds. The summed E-state index contributed by atoms with van der Waals surface area (Å²) < 4.78 is 5.49. The second-order valence-corrected chi connectivity index (χ2v) is 4.77. The van der Waals surface area contributed by atoms with Crippen LogP contribution in [0.4, 0.5) is 0 Å².